The summed E-state index contributed by atoms with van der Waals surface area (Å²) in [7, 11) is 0. The Bertz CT molecular complexity index is 855. The van der Waals surface area contributed by atoms with Crippen LogP contribution in [0.25, 0.3) is 0 Å². The minimum absolute atomic E-state index is 0.119. The largest absolute Gasteiger partial charge is 0.368 e. The third-order valence-electron chi connectivity index (χ3n) is 5.98. The Kier molecular flexibility index (Phi) is 6.12. The van der Waals surface area contributed by atoms with Crippen molar-refractivity contribution in [1.82, 2.24) is 9.80 Å². The minimum atomic E-state index is 0.119. The van der Waals surface area contributed by atoms with Crippen molar-refractivity contribution in [3.8, 4) is 6.07 Å². The maximum absolute atomic E-state index is 12.9. The number of carbonyl (C=O) groups is 1. The SMILES string of the molecule is N#Cc1ccc(N2CCN(C(=O)c3ccc(CN4CCCCC4)cc3)CC2)cc1. The number of nitrogens with zero attached hydrogens (tertiary/aromatic N) is 4. The van der Waals surface area contributed by atoms with Crippen LogP contribution >= 0.6 is 0 Å². The summed E-state index contributed by atoms with van der Waals surface area (Å²) in [6, 6.07) is 18.0. The van der Waals surface area contributed by atoms with Crippen LogP contribution in [0.3, 0.4) is 0 Å². The number of hydrogen-bond acceptors (Lipinski definition) is 4. The summed E-state index contributed by atoms with van der Waals surface area (Å²) in [4.78, 5) is 19.6. The van der Waals surface area contributed by atoms with E-state index in [-0.39, 0.29) is 5.91 Å². The molecule has 0 radical (unpaired) electrons. The lowest BCUT2D eigenvalue weighted by molar-refractivity contribution is 0.0746. The molecule has 0 atom stereocenters. The number of piperidine rings is 1. The van der Waals surface area contributed by atoms with E-state index in [4.69, 9.17) is 5.26 Å². The predicted molar refractivity (Wildman–Crippen MR) is 115 cm³/mol. The lowest BCUT2D eigenvalue weighted by Gasteiger charge is -2.36. The van der Waals surface area contributed by atoms with E-state index in [0.717, 1.165) is 30.9 Å². The Morgan fingerprint density at radius 1 is 0.828 bits per heavy atom. The number of anilines is 1. The van der Waals surface area contributed by atoms with Crippen molar-refractivity contribution in [3.63, 3.8) is 0 Å². The average Bonchev–Trinajstić information content (AvgIpc) is 2.80. The molecule has 0 aromatic heterocycles. The third-order valence-corrected chi connectivity index (χ3v) is 5.98. The molecule has 2 aliphatic heterocycles. The maximum atomic E-state index is 12.9. The van der Waals surface area contributed by atoms with E-state index in [1.165, 1.54) is 37.9 Å². The third kappa shape index (κ3) is 4.78. The first-order chi connectivity index (χ1) is 14.2. The standard InChI is InChI=1S/C24H28N4O/c25-18-20-6-10-23(11-7-20)27-14-16-28(17-15-27)24(29)22-8-4-21(5-9-22)19-26-12-2-1-3-13-26/h4-11H,1-3,12-17,19H2. The van der Waals surface area contributed by atoms with Crippen LogP contribution in [-0.4, -0.2) is 55.0 Å². The van der Waals surface area contributed by atoms with Crippen LogP contribution in [0.15, 0.2) is 48.5 Å². The molecule has 0 aliphatic carbocycles. The molecule has 0 bridgehead atoms. The van der Waals surface area contributed by atoms with Crippen LogP contribution in [0.1, 0.15) is 40.7 Å². The second-order valence-corrected chi connectivity index (χ2v) is 7.97. The van der Waals surface area contributed by atoms with Gasteiger partial charge >= 0.3 is 0 Å². The van der Waals surface area contributed by atoms with E-state index in [9.17, 15) is 4.79 Å². The van der Waals surface area contributed by atoms with Crippen LogP contribution < -0.4 is 4.90 Å². The second-order valence-electron chi connectivity index (χ2n) is 7.97. The summed E-state index contributed by atoms with van der Waals surface area (Å²) in [5, 5.41) is 8.93. The number of amides is 1. The van der Waals surface area contributed by atoms with Gasteiger partial charge in [0, 0.05) is 44.0 Å². The first-order valence-corrected chi connectivity index (χ1v) is 10.6. The van der Waals surface area contributed by atoms with Gasteiger partial charge in [-0.05, 0) is 67.9 Å². The highest BCUT2D eigenvalue weighted by molar-refractivity contribution is 5.94. The molecular weight excluding hydrogens is 360 g/mol. The molecule has 2 aromatic carbocycles. The number of likely N-dealkylation sites (tertiary alicyclic amines) is 1. The zero-order chi connectivity index (χ0) is 20.1. The molecule has 4 rings (SSSR count). The van der Waals surface area contributed by atoms with Gasteiger partial charge in [-0.3, -0.25) is 9.69 Å². The summed E-state index contributed by atoms with van der Waals surface area (Å²) >= 11 is 0. The van der Waals surface area contributed by atoms with Gasteiger partial charge in [0.1, 0.15) is 0 Å². The fraction of sp³-hybridized carbons (Fsp3) is 0.417. The highest BCUT2D eigenvalue weighted by atomic mass is 16.2. The molecule has 0 unspecified atom stereocenters. The molecule has 5 heteroatoms. The summed E-state index contributed by atoms with van der Waals surface area (Å²) in [6.07, 6.45) is 3.94. The molecule has 2 saturated heterocycles. The second kappa shape index (κ2) is 9.11. The highest BCUT2D eigenvalue weighted by Gasteiger charge is 2.22. The molecule has 0 N–H and O–H groups in total. The van der Waals surface area contributed by atoms with Gasteiger partial charge in [-0.2, -0.15) is 5.26 Å². The van der Waals surface area contributed by atoms with Gasteiger partial charge in [0.25, 0.3) is 5.91 Å². The van der Waals surface area contributed by atoms with Crippen LogP contribution in [-0.2, 0) is 6.54 Å². The van der Waals surface area contributed by atoms with Crippen LogP contribution in [0.5, 0.6) is 0 Å². The van der Waals surface area contributed by atoms with E-state index < -0.39 is 0 Å². The van der Waals surface area contributed by atoms with Crippen molar-refractivity contribution in [2.45, 2.75) is 25.8 Å². The van der Waals surface area contributed by atoms with Crippen LogP contribution in [0.4, 0.5) is 5.69 Å². The molecular formula is C24H28N4O. The van der Waals surface area contributed by atoms with Gasteiger partial charge in [0.2, 0.25) is 0 Å². The Morgan fingerprint density at radius 2 is 1.48 bits per heavy atom. The van der Waals surface area contributed by atoms with Crippen molar-refractivity contribution in [2.75, 3.05) is 44.2 Å². The van der Waals surface area contributed by atoms with Crippen molar-refractivity contribution in [1.29, 1.82) is 5.26 Å². The summed E-state index contributed by atoms with van der Waals surface area (Å²) < 4.78 is 0. The monoisotopic (exact) mass is 388 g/mol. The molecule has 29 heavy (non-hydrogen) atoms. The summed E-state index contributed by atoms with van der Waals surface area (Å²) in [6.45, 7) is 6.41. The summed E-state index contributed by atoms with van der Waals surface area (Å²) in [5.74, 6) is 0.119. The first-order valence-electron chi connectivity index (χ1n) is 10.6. The first kappa shape index (κ1) is 19.5. The number of benzene rings is 2. The zero-order valence-electron chi connectivity index (χ0n) is 16.9. The molecule has 1 amide bonds. The fourth-order valence-electron chi connectivity index (χ4n) is 4.23. The molecule has 150 valence electrons. The molecule has 2 aromatic rings. The van der Waals surface area contributed by atoms with Crippen LogP contribution in [0.2, 0.25) is 0 Å². The van der Waals surface area contributed by atoms with E-state index >= 15 is 0 Å². The van der Waals surface area contributed by atoms with E-state index in [2.05, 4.69) is 28.0 Å². The quantitative estimate of drug-likeness (QED) is 0.804. The topological polar surface area (TPSA) is 50.6 Å². The van der Waals surface area contributed by atoms with Crippen molar-refractivity contribution >= 4 is 11.6 Å². The van der Waals surface area contributed by atoms with Gasteiger partial charge in [-0.25, -0.2) is 0 Å². The number of rotatable bonds is 4. The Hall–Kier alpha value is -2.84. The van der Waals surface area contributed by atoms with Gasteiger partial charge in [-0.1, -0.05) is 18.6 Å². The van der Waals surface area contributed by atoms with Gasteiger partial charge < -0.3 is 9.80 Å². The molecule has 0 saturated carbocycles. The molecule has 0 spiro atoms. The molecule has 2 aliphatic rings. The predicted octanol–water partition coefficient (Wildman–Crippen LogP) is 3.51. The number of piperazine rings is 1. The minimum Gasteiger partial charge on any atom is -0.368 e. The normalized spacial score (nSPS) is 17.8. The van der Waals surface area contributed by atoms with Crippen molar-refractivity contribution in [2.24, 2.45) is 0 Å². The summed E-state index contributed by atoms with van der Waals surface area (Å²) in [5.41, 5.74) is 3.85. The van der Waals surface area contributed by atoms with Gasteiger partial charge in [0.15, 0.2) is 0 Å². The van der Waals surface area contributed by atoms with Gasteiger partial charge in [-0.15, -0.1) is 0 Å². The van der Waals surface area contributed by atoms with E-state index in [1.54, 1.807) is 0 Å². The number of carbonyl (C=O) groups excluding carboxylic acids is 1. The molecule has 2 heterocycles. The molecule has 2 fully saturated rings. The Balaban J connectivity index is 1.31. The lowest BCUT2D eigenvalue weighted by atomic mass is 10.1. The zero-order valence-corrected chi connectivity index (χ0v) is 16.9. The van der Waals surface area contributed by atoms with E-state index in [1.807, 2.05) is 41.3 Å². The lowest BCUT2D eigenvalue weighted by Crippen LogP contribution is -2.48. The van der Waals surface area contributed by atoms with E-state index in [0.29, 0.717) is 18.7 Å². The highest BCUT2D eigenvalue weighted by Crippen LogP contribution is 2.19. The number of hydrogen-bond donors (Lipinski definition) is 0. The Morgan fingerprint density at radius 3 is 2.10 bits per heavy atom. The molecule has 5 nitrogen and oxygen atoms in total. The smallest absolute Gasteiger partial charge is 0.253 e. The van der Waals surface area contributed by atoms with Crippen molar-refractivity contribution in [3.05, 3.63) is 65.2 Å². The van der Waals surface area contributed by atoms with Gasteiger partial charge in [0.05, 0.1) is 11.6 Å². The van der Waals surface area contributed by atoms with Crippen molar-refractivity contribution < 1.29 is 4.79 Å². The Labute approximate surface area is 173 Å². The number of nitriles is 1. The average molecular weight is 389 g/mol. The van der Waals surface area contributed by atoms with Crippen LogP contribution in [0, 0.1) is 11.3 Å². The fourth-order valence-corrected chi connectivity index (χ4v) is 4.23. The maximum Gasteiger partial charge on any atom is 0.253 e.